The Labute approximate surface area is 315 Å². The van der Waals surface area contributed by atoms with Crippen molar-refractivity contribution < 1.29 is 0 Å². The molecule has 0 amide bonds. The smallest absolute Gasteiger partial charge is 0.143 e. The van der Waals surface area contributed by atoms with Crippen LogP contribution >= 0.6 is 0 Å². The molecule has 0 aliphatic heterocycles. The Hall–Kier alpha value is -7.17. The molecule has 13 rings (SSSR count). The Kier molecular flexibility index (Phi) is 5.59. The van der Waals surface area contributed by atoms with Gasteiger partial charge in [-0.15, -0.1) is 0 Å². The number of rotatable bonds is 3. The van der Waals surface area contributed by atoms with E-state index < -0.39 is 0 Å². The number of pyridine rings is 1. The molecule has 0 fully saturated rings. The third-order valence-electron chi connectivity index (χ3n) is 12.3. The van der Waals surface area contributed by atoms with E-state index in [-0.39, 0.29) is 0 Å². The van der Waals surface area contributed by atoms with Crippen molar-refractivity contribution in [3.05, 3.63) is 169 Å². The first-order valence-corrected chi connectivity index (χ1v) is 19.2. The van der Waals surface area contributed by atoms with Gasteiger partial charge in [0.05, 0.1) is 49.8 Å². The molecule has 0 spiro atoms. The second-order valence-electron chi connectivity index (χ2n) is 14.9. The van der Waals surface area contributed by atoms with Gasteiger partial charge in [-0.25, -0.2) is 4.98 Å². The highest BCUT2D eigenvalue weighted by molar-refractivity contribution is 6.35. The maximum absolute atomic E-state index is 5.67. The largest absolute Gasteiger partial charge is 0.308 e. The number of fused-ring (bicyclic) bond motifs is 16. The molecule has 4 heteroatoms. The molecule has 0 bridgehead atoms. The van der Waals surface area contributed by atoms with Crippen LogP contribution in [0.2, 0.25) is 0 Å². The normalized spacial score (nSPS) is 12.5. The Morgan fingerprint density at radius 3 is 1.67 bits per heavy atom. The second kappa shape index (κ2) is 10.5. The van der Waals surface area contributed by atoms with Gasteiger partial charge in [-0.2, -0.15) is 0 Å². The molecule has 5 heterocycles. The molecule has 8 aromatic carbocycles. The minimum Gasteiger partial charge on any atom is -0.308 e. The molecule has 0 radical (unpaired) electrons. The zero-order chi connectivity index (χ0) is 35.9. The fourth-order valence-electron chi connectivity index (χ4n) is 10.1. The lowest BCUT2D eigenvalue weighted by Gasteiger charge is -2.21. The summed E-state index contributed by atoms with van der Waals surface area (Å²) < 4.78 is 7.54. The number of nitrogens with zero attached hydrogens (tertiary/aromatic N) is 4. The van der Waals surface area contributed by atoms with E-state index in [4.69, 9.17) is 4.98 Å². The monoisotopic (exact) mass is 700 g/mol. The summed E-state index contributed by atoms with van der Waals surface area (Å²) in [6.07, 6.45) is 0.803. The van der Waals surface area contributed by atoms with Gasteiger partial charge in [0.15, 0.2) is 0 Å². The fourth-order valence-corrected chi connectivity index (χ4v) is 10.1. The van der Waals surface area contributed by atoms with Crippen LogP contribution in [0, 0.1) is 0 Å². The van der Waals surface area contributed by atoms with Crippen molar-refractivity contribution in [1.29, 1.82) is 0 Å². The van der Waals surface area contributed by atoms with Crippen LogP contribution in [0.15, 0.2) is 164 Å². The first kappa shape index (κ1) is 29.3. The average molecular weight is 701 g/mol. The van der Waals surface area contributed by atoms with E-state index in [9.17, 15) is 0 Å². The van der Waals surface area contributed by atoms with Crippen LogP contribution in [0.5, 0.6) is 0 Å². The minimum atomic E-state index is 0.803. The summed E-state index contributed by atoms with van der Waals surface area (Å²) in [5.41, 5.74) is 11.9. The van der Waals surface area contributed by atoms with Crippen molar-refractivity contribution in [2.75, 3.05) is 0 Å². The third kappa shape index (κ3) is 3.59. The van der Waals surface area contributed by atoms with Crippen molar-refractivity contribution in [2.24, 2.45) is 0 Å². The van der Waals surface area contributed by atoms with Crippen LogP contribution in [0.4, 0.5) is 0 Å². The second-order valence-corrected chi connectivity index (χ2v) is 14.9. The molecule has 0 saturated carbocycles. The van der Waals surface area contributed by atoms with E-state index >= 15 is 0 Å². The Balaban J connectivity index is 1.28. The van der Waals surface area contributed by atoms with Crippen molar-refractivity contribution in [3.8, 4) is 11.5 Å². The predicted molar refractivity (Wildman–Crippen MR) is 232 cm³/mol. The SMILES string of the molecule is CCc1c(-n2c3ccccc3c3cc4c5ccc6ccccc6c5n5c6ccccc6c(c32)c45)nc2ccccc2c1-n1c2ccccc2c2ccccc21. The van der Waals surface area contributed by atoms with Gasteiger partial charge in [0, 0.05) is 59.4 Å². The summed E-state index contributed by atoms with van der Waals surface area (Å²) in [6.45, 7) is 2.29. The summed E-state index contributed by atoms with van der Waals surface area (Å²) in [5.74, 6) is 0.984. The summed E-state index contributed by atoms with van der Waals surface area (Å²) in [5, 5.41) is 13.8. The number of aromatic nitrogens is 4. The van der Waals surface area contributed by atoms with Crippen molar-refractivity contribution in [1.82, 2.24) is 18.5 Å². The number of benzene rings is 8. The van der Waals surface area contributed by atoms with Gasteiger partial charge in [0.25, 0.3) is 0 Å². The maximum atomic E-state index is 5.67. The third-order valence-corrected chi connectivity index (χ3v) is 12.3. The number of hydrogen-bond acceptors (Lipinski definition) is 1. The van der Waals surface area contributed by atoms with Gasteiger partial charge in [-0.3, -0.25) is 4.57 Å². The quantitative estimate of drug-likeness (QED) is 0.180. The van der Waals surface area contributed by atoms with Crippen molar-refractivity contribution in [3.63, 3.8) is 0 Å². The first-order chi connectivity index (χ1) is 27.3. The highest BCUT2D eigenvalue weighted by Crippen LogP contribution is 2.48. The Bertz CT molecular complexity index is 3710. The van der Waals surface area contributed by atoms with Crippen molar-refractivity contribution in [2.45, 2.75) is 13.3 Å². The molecular weight excluding hydrogens is 669 g/mol. The van der Waals surface area contributed by atoms with E-state index in [1.807, 2.05) is 0 Å². The van der Waals surface area contributed by atoms with E-state index in [1.165, 1.54) is 98.2 Å². The Morgan fingerprint density at radius 2 is 0.964 bits per heavy atom. The predicted octanol–water partition coefficient (Wildman–Crippen LogP) is 13.3. The van der Waals surface area contributed by atoms with Crippen LogP contribution in [-0.2, 0) is 6.42 Å². The zero-order valence-corrected chi connectivity index (χ0v) is 30.1. The molecule has 0 unspecified atom stereocenters. The van der Waals surface area contributed by atoms with Gasteiger partial charge >= 0.3 is 0 Å². The summed E-state index contributed by atoms with van der Waals surface area (Å²) in [6, 6.07) is 60.1. The van der Waals surface area contributed by atoms with Gasteiger partial charge in [0.1, 0.15) is 5.82 Å². The summed E-state index contributed by atoms with van der Waals surface area (Å²) in [4.78, 5) is 5.67. The van der Waals surface area contributed by atoms with Gasteiger partial charge in [0.2, 0.25) is 0 Å². The molecule has 0 aliphatic rings. The lowest BCUT2D eigenvalue weighted by molar-refractivity contribution is 0.993. The molecule has 0 saturated heterocycles. The molecule has 5 aromatic heterocycles. The highest BCUT2D eigenvalue weighted by Gasteiger charge is 2.28. The van der Waals surface area contributed by atoms with E-state index in [0.717, 1.165) is 28.7 Å². The molecule has 0 N–H and O–H groups in total. The standard InChI is InChI=1S/C51H32N4/c1-2-31-47(53-42-23-11-6-17-33(42)34-18-7-12-24-43(34)53)37-20-5-10-22-41(37)52-51(31)55-44-25-13-8-19-35(44)39-29-40-36-28-27-30-15-3-4-16-32(30)48(36)54-45-26-14-9-21-38(45)46(49(40)54)50(39)55/h3-29H,2H2,1H3. The van der Waals surface area contributed by atoms with Gasteiger partial charge < -0.3 is 8.97 Å². The molecule has 256 valence electrons. The Morgan fingerprint density at radius 1 is 0.418 bits per heavy atom. The fraction of sp³-hybridized carbons (Fsp3) is 0.0392. The molecule has 55 heavy (non-hydrogen) atoms. The summed E-state index contributed by atoms with van der Waals surface area (Å²) in [7, 11) is 0. The topological polar surface area (TPSA) is 27.2 Å². The number of para-hydroxylation sites is 5. The van der Waals surface area contributed by atoms with E-state index in [1.54, 1.807) is 0 Å². The van der Waals surface area contributed by atoms with Crippen LogP contribution < -0.4 is 0 Å². The van der Waals surface area contributed by atoms with E-state index in [2.05, 4.69) is 184 Å². The first-order valence-electron chi connectivity index (χ1n) is 19.2. The molecule has 0 aliphatic carbocycles. The average Bonchev–Trinajstić information content (AvgIpc) is 3.97. The lowest BCUT2D eigenvalue weighted by atomic mass is 10.0. The van der Waals surface area contributed by atoms with Gasteiger partial charge in [-0.1, -0.05) is 134 Å². The highest BCUT2D eigenvalue weighted by atomic mass is 15.1. The van der Waals surface area contributed by atoms with E-state index in [0.29, 0.717) is 0 Å². The molecule has 0 atom stereocenters. The van der Waals surface area contributed by atoms with Crippen LogP contribution in [-0.4, -0.2) is 18.5 Å². The zero-order valence-electron chi connectivity index (χ0n) is 30.1. The number of hydrogen-bond donors (Lipinski definition) is 0. The van der Waals surface area contributed by atoms with Crippen LogP contribution in [0.1, 0.15) is 12.5 Å². The van der Waals surface area contributed by atoms with Crippen molar-refractivity contribution >= 4 is 103 Å². The molecular formula is C51H32N4. The summed E-state index contributed by atoms with van der Waals surface area (Å²) >= 11 is 0. The lowest BCUT2D eigenvalue weighted by Crippen LogP contribution is -2.09. The minimum absolute atomic E-state index is 0.803. The van der Waals surface area contributed by atoms with Gasteiger partial charge in [-0.05, 0) is 48.2 Å². The molecule has 13 aromatic rings. The molecule has 4 nitrogen and oxygen atoms in total. The maximum Gasteiger partial charge on any atom is 0.143 e. The van der Waals surface area contributed by atoms with Crippen LogP contribution in [0.25, 0.3) is 115 Å². The van der Waals surface area contributed by atoms with Crippen LogP contribution in [0.3, 0.4) is 0 Å².